The Morgan fingerprint density at radius 1 is 1.27 bits per heavy atom. The Bertz CT molecular complexity index is 757. The number of nitrogens with two attached hydrogens (primary N) is 1. The molecule has 1 aliphatic rings. The zero-order valence-electron chi connectivity index (χ0n) is 11.9. The molecule has 2 atom stereocenters. The number of nitrogens with one attached hydrogen (secondary N) is 1. The van der Waals surface area contributed by atoms with Crippen molar-refractivity contribution in [3.8, 4) is 0 Å². The number of carbonyl (C=O) groups excluding carboxylic acids is 2. The topological polar surface area (TPSA) is 128 Å². The van der Waals surface area contributed by atoms with Gasteiger partial charge in [0.05, 0.1) is 4.90 Å². The summed E-state index contributed by atoms with van der Waals surface area (Å²) in [6.45, 7) is 2.77. The van der Waals surface area contributed by atoms with Crippen LogP contribution in [-0.4, -0.2) is 38.3 Å². The number of rotatable bonds is 4. The van der Waals surface area contributed by atoms with Crippen LogP contribution in [0.2, 0.25) is 0 Å². The van der Waals surface area contributed by atoms with Gasteiger partial charge in [-0.25, -0.2) is 13.2 Å². The predicted octanol–water partition coefficient (Wildman–Crippen LogP) is -0.469. The van der Waals surface area contributed by atoms with Crippen LogP contribution >= 0.6 is 0 Å². The highest BCUT2D eigenvalue weighted by Crippen LogP contribution is 2.22. The van der Waals surface area contributed by atoms with Gasteiger partial charge in [-0.05, 0) is 26.0 Å². The molecule has 0 spiro atoms. The Hall–Kier alpha value is -2.42. The third-order valence-electron chi connectivity index (χ3n) is 3.02. The Balaban J connectivity index is 2.24. The van der Waals surface area contributed by atoms with Crippen LogP contribution in [0.4, 0.5) is 0 Å². The van der Waals surface area contributed by atoms with Crippen molar-refractivity contribution in [2.24, 2.45) is 10.7 Å². The first-order chi connectivity index (χ1) is 10.2. The lowest BCUT2D eigenvalue weighted by atomic mass is 10.2. The lowest BCUT2D eigenvalue weighted by Crippen LogP contribution is -2.34. The van der Waals surface area contributed by atoms with Gasteiger partial charge in [0, 0.05) is 5.56 Å². The van der Waals surface area contributed by atoms with Crippen molar-refractivity contribution in [1.82, 2.24) is 4.72 Å². The maximum Gasteiger partial charge on any atom is 0.331 e. The standard InChI is InChI=1S/C13H15N3O5S/c1-7(13(18)21-8(2)11(14)17)15-12-9-5-3-4-6-10(9)22(19,20)16-12/h3-8H,1-2H3,(H2,14,17)(H,15,16)/t7-,8+/m0/s1. The number of esters is 1. The number of fused-ring (bicyclic) bond motifs is 1. The molecule has 1 heterocycles. The third kappa shape index (κ3) is 3.08. The maximum absolute atomic E-state index is 11.9. The number of ether oxygens (including phenoxy) is 1. The van der Waals surface area contributed by atoms with Gasteiger partial charge in [0.2, 0.25) is 0 Å². The molecule has 3 N–H and O–H groups in total. The van der Waals surface area contributed by atoms with E-state index in [1.807, 2.05) is 0 Å². The van der Waals surface area contributed by atoms with E-state index in [0.29, 0.717) is 5.56 Å². The van der Waals surface area contributed by atoms with Gasteiger partial charge in [0.25, 0.3) is 15.9 Å². The van der Waals surface area contributed by atoms with Crippen molar-refractivity contribution in [3.63, 3.8) is 0 Å². The second kappa shape index (κ2) is 5.76. The van der Waals surface area contributed by atoms with Crippen LogP contribution in [0.1, 0.15) is 19.4 Å². The molecule has 118 valence electrons. The fourth-order valence-corrected chi connectivity index (χ4v) is 3.05. The summed E-state index contributed by atoms with van der Waals surface area (Å²) in [5.74, 6) is -1.49. The number of amides is 1. The average molecular weight is 325 g/mol. The maximum atomic E-state index is 11.9. The van der Waals surface area contributed by atoms with Crippen LogP contribution in [0.25, 0.3) is 0 Å². The number of carbonyl (C=O) groups is 2. The van der Waals surface area contributed by atoms with Gasteiger partial charge in [-0.3, -0.25) is 14.5 Å². The van der Waals surface area contributed by atoms with E-state index in [0.717, 1.165) is 0 Å². The second-order valence-corrected chi connectivity index (χ2v) is 6.39. The molecule has 9 heteroatoms. The van der Waals surface area contributed by atoms with Gasteiger partial charge in [0.1, 0.15) is 11.9 Å². The van der Waals surface area contributed by atoms with Crippen LogP contribution in [0, 0.1) is 0 Å². The van der Waals surface area contributed by atoms with Gasteiger partial charge >= 0.3 is 5.97 Å². The third-order valence-corrected chi connectivity index (χ3v) is 4.42. The van der Waals surface area contributed by atoms with Crippen molar-refractivity contribution in [1.29, 1.82) is 0 Å². The zero-order valence-corrected chi connectivity index (χ0v) is 12.8. The summed E-state index contributed by atoms with van der Waals surface area (Å²) in [5.41, 5.74) is 5.38. The molecular weight excluding hydrogens is 310 g/mol. The molecule has 0 saturated heterocycles. The number of sulfonamides is 1. The molecule has 1 amide bonds. The molecule has 0 aromatic heterocycles. The smallest absolute Gasteiger partial charge is 0.331 e. The summed E-state index contributed by atoms with van der Waals surface area (Å²) in [6, 6.07) is 5.28. The second-order valence-electron chi connectivity index (χ2n) is 4.74. The zero-order chi connectivity index (χ0) is 16.5. The molecule has 0 aliphatic carbocycles. The summed E-state index contributed by atoms with van der Waals surface area (Å²) >= 11 is 0. The highest BCUT2D eigenvalue weighted by Gasteiger charge is 2.31. The fraction of sp³-hybridized carbons (Fsp3) is 0.308. The average Bonchev–Trinajstić information content (AvgIpc) is 2.70. The van der Waals surface area contributed by atoms with E-state index in [1.165, 1.54) is 19.9 Å². The molecule has 0 radical (unpaired) electrons. The highest BCUT2D eigenvalue weighted by molar-refractivity contribution is 7.90. The Kier molecular flexibility index (Phi) is 4.18. The molecule has 0 fully saturated rings. The van der Waals surface area contributed by atoms with Crippen molar-refractivity contribution in [3.05, 3.63) is 29.8 Å². The van der Waals surface area contributed by atoms with E-state index in [2.05, 4.69) is 9.71 Å². The molecule has 0 unspecified atom stereocenters. The minimum Gasteiger partial charge on any atom is -0.451 e. The van der Waals surface area contributed by atoms with Crippen molar-refractivity contribution >= 4 is 27.7 Å². The molecule has 0 bridgehead atoms. The molecular formula is C13H15N3O5S. The van der Waals surface area contributed by atoms with Gasteiger partial charge in [0.15, 0.2) is 6.10 Å². The minimum absolute atomic E-state index is 0.0618. The Labute approximate surface area is 127 Å². The van der Waals surface area contributed by atoms with Crippen LogP contribution in [0.5, 0.6) is 0 Å². The molecule has 1 aromatic rings. The molecule has 1 aliphatic heterocycles. The van der Waals surface area contributed by atoms with Crippen LogP contribution in [0.3, 0.4) is 0 Å². The highest BCUT2D eigenvalue weighted by atomic mass is 32.2. The molecule has 8 nitrogen and oxygen atoms in total. The van der Waals surface area contributed by atoms with Gasteiger partial charge in [-0.1, -0.05) is 12.1 Å². The summed E-state index contributed by atoms with van der Waals surface area (Å²) < 4.78 is 30.9. The van der Waals surface area contributed by atoms with Crippen molar-refractivity contribution in [2.75, 3.05) is 0 Å². The lowest BCUT2D eigenvalue weighted by molar-refractivity contribution is -0.154. The SMILES string of the molecule is C[C@H](N=C1NS(=O)(=O)c2ccccc21)C(=O)O[C@H](C)C(N)=O. The van der Waals surface area contributed by atoms with E-state index in [-0.39, 0.29) is 10.7 Å². The van der Waals surface area contributed by atoms with E-state index < -0.39 is 34.0 Å². The minimum atomic E-state index is -3.67. The Morgan fingerprint density at radius 2 is 1.91 bits per heavy atom. The van der Waals surface area contributed by atoms with Crippen molar-refractivity contribution < 1.29 is 22.7 Å². The van der Waals surface area contributed by atoms with Gasteiger partial charge < -0.3 is 10.5 Å². The predicted molar refractivity (Wildman–Crippen MR) is 77.5 cm³/mol. The van der Waals surface area contributed by atoms with Gasteiger partial charge in [-0.2, -0.15) is 0 Å². The fourth-order valence-electron chi connectivity index (χ4n) is 1.81. The molecule has 22 heavy (non-hydrogen) atoms. The van der Waals surface area contributed by atoms with Crippen LogP contribution < -0.4 is 10.5 Å². The number of primary amides is 1. The lowest BCUT2D eigenvalue weighted by Gasteiger charge is -2.12. The van der Waals surface area contributed by atoms with Gasteiger partial charge in [-0.15, -0.1) is 0 Å². The quantitative estimate of drug-likeness (QED) is 0.723. The molecule has 0 saturated carbocycles. The first-order valence-corrected chi connectivity index (χ1v) is 7.90. The number of amidine groups is 1. The normalized spacial score (nSPS) is 19.8. The Morgan fingerprint density at radius 3 is 2.55 bits per heavy atom. The number of hydrogen-bond acceptors (Lipinski definition) is 6. The van der Waals surface area contributed by atoms with Crippen molar-refractivity contribution in [2.45, 2.75) is 30.9 Å². The summed E-state index contributed by atoms with van der Waals surface area (Å²) in [5, 5.41) is 0. The summed E-state index contributed by atoms with van der Waals surface area (Å²) in [6.07, 6.45) is -1.08. The van der Waals surface area contributed by atoms with E-state index in [9.17, 15) is 18.0 Å². The first kappa shape index (κ1) is 16.0. The van der Waals surface area contributed by atoms with E-state index in [1.54, 1.807) is 18.2 Å². The summed E-state index contributed by atoms with van der Waals surface area (Å²) in [7, 11) is -3.67. The largest absolute Gasteiger partial charge is 0.451 e. The van der Waals surface area contributed by atoms with Crippen LogP contribution in [0.15, 0.2) is 34.2 Å². The monoisotopic (exact) mass is 325 g/mol. The first-order valence-electron chi connectivity index (χ1n) is 6.42. The molecule has 2 rings (SSSR count). The molecule has 1 aromatic carbocycles. The number of aliphatic imine (C=N–C) groups is 1. The number of benzene rings is 1. The van der Waals surface area contributed by atoms with E-state index in [4.69, 9.17) is 10.5 Å². The van der Waals surface area contributed by atoms with E-state index >= 15 is 0 Å². The number of nitrogens with zero attached hydrogens (tertiary/aromatic N) is 1. The van der Waals surface area contributed by atoms with Crippen LogP contribution in [-0.2, 0) is 24.3 Å². The summed E-state index contributed by atoms with van der Waals surface area (Å²) in [4.78, 5) is 26.8. The number of hydrogen-bond donors (Lipinski definition) is 2.